The highest BCUT2D eigenvalue weighted by Crippen LogP contribution is 2.48. The maximum Gasteiger partial charge on any atom is 0.316 e. The zero-order valence-electron chi connectivity index (χ0n) is 20.5. The average Bonchev–Trinajstić information content (AvgIpc) is 3.27. The number of hydrogen-bond acceptors (Lipinski definition) is 6. The number of fused-ring (bicyclic) bond motifs is 3. The number of hydrogen-bond donors (Lipinski definition) is 3. The first-order valence-corrected chi connectivity index (χ1v) is 13.5. The Hall–Kier alpha value is -3.57. The molecule has 1 unspecified atom stereocenters. The van der Waals surface area contributed by atoms with E-state index >= 15 is 0 Å². The zero-order valence-corrected chi connectivity index (χ0v) is 22.0. The van der Waals surface area contributed by atoms with Crippen molar-refractivity contribution >= 4 is 39.8 Å². The summed E-state index contributed by atoms with van der Waals surface area (Å²) < 4.78 is 43.0. The Labute approximate surface area is 226 Å². The molecule has 0 saturated heterocycles. The summed E-state index contributed by atoms with van der Waals surface area (Å²) in [5.41, 5.74) is 13.2. The molecule has 0 fully saturated rings. The van der Waals surface area contributed by atoms with Crippen molar-refractivity contribution in [1.82, 2.24) is 9.78 Å². The van der Waals surface area contributed by atoms with E-state index < -0.39 is 29.4 Å². The molecule has 3 aromatic carbocycles. The van der Waals surface area contributed by atoms with Crippen LogP contribution in [-0.4, -0.2) is 32.3 Å². The number of aliphatic hydroxyl groups excluding tert-OH is 1. The summed E-state index contributed by atoms with van der Waals surface area (Å²) in [6.07, 6.45) is 2.99. The van der Waals surface area contributed by atoms with Crippen LogP contribution in [0.4, 0.5) is 20.2 Å². The van der Waals surface area contributed by atoms with E-state index in [2.05, 4.69) is 10.5 Å². The first kappa shape index (κ1) is 26.1. The second kappa shape index (κ2) is 9.95. The van der Waals surface area contributed by atoms with Crippen LogP contribution >= 0.6 is 11.6 Å². The van der Waals surface area contributed by atoms with Gasteiger partial charge in [0.15, 0.2) is 10.6 Å². The van der Waals surface area contributed by atoms with Gasteiger partial charge in [-0.05, 0) is 52.6 Å². The normalized spacial score (nSPS) is 14.1. The standard InChI is InChI=1S/C27H24ClF2N5O2S/c1-34-25-21-11-8-18(17-4-3-5-20(12-17)38(2)37)13-22(21)35(23(14-31)16-6-9-19(28)10-7-16)32-24(25)26(33-34)27(29,30)15-36/h3-14,32,36H,15,31H2,1-2H3/b23-14-. The van der Waals surface area contributed by atoms with Gasteiger partial charge in [0.1, 0.15) is 18.6 Å². The number of aryl methyl sites for hydroxylation is 1. The molecule has 1 atom stereocenters. The summed E-state index contributed by atoms with van der Waals surface area (Å²) in [6, 6.07) is 20.0. The van der Waals surface area contributed by atoms with Crippen LogP contribution in [0.15, 0.2) is 77.8 Å². The quantitative estimate of drug-likeness (QED) is 0.278. The Bertz CT molecular complexity index is 1540. The number of aromatic nitrogens is 2. The number of nitrogens with zero attached hydrogens (tertiary/aromatic N) is 3. The molecule has 0 spiro atoms. The van der Waals surface area contributed by atoms with E-state index in [4.69, 9.17) is 17.3 Å². The number of benzene rings is 3. The summed E-state index contributed by atoms with van der Waals surface area (Å²) in [7, 11) is 1.57. The summed E-state index contributed by atoms with van der Waals surface area (Å²) >= 11 is 4.93. The average molecular weight is 556 g/mol. The molecule has 11 heteroatoms. The Morgan fingerprint density at radius 1 is 1.16 bits per heavy atom. The van der Waals surface area contributed by atoms with E-state index in [9.17, 15) is 18.4 Å². The molecule has 1 aliphatic heterocycles. The fourth-order valence-corrected chi connectivity index (χ4v) is 5.19. The van der Waals surface area contributed by atoms with Crippen LogP contribution in [0.2, 0.25) is 5.02 Å². The lowest BCUT2D eigenvalue weighted by molar-refractivity contribution is -0.0590. The van der Waals surface area contributed by atoms with Crippen molar-refractivity contribution in [3.63, 3.8) is 0 Å². The third-order valence-corrected chi connectivity index (χ3v) is 7.52. The van der Waals surface area contributed by atoms with Crippen LogP contribution in [0.3, 0.4) is 0 Å². The molecule has 0 saturated carbocycles. The minimum absolute atomic E-state index is 0.0588. The number of anilines is 2. The van der Waals surface area contributed by atoms with Crippen LogP contribution in [0.25, 0.3) is 28.1 Å². The molecule has 196 valence electrons. The number of rotatable bonds is 6. The molecule has 5 rings (SSSR count). The van der Waals surface area contributed by atoms with Gasteiger partial charge in [0.05, 0.1) is 17.1 Å². The lowest BCUT2D eigenvalue weighted by Gasteiger charge is -2.35. The van der Waals surface area contributed by atoms with Gasteiger partial charge < -0.3 is 15.4 Å². The highest BCUT2D eigenvalue weighted by atomic mass is 35.5. The van der Waals surface area contributed by atoms with Gasteiger partial charge in [-0.25, -0.2) is 0 Å². The molecule has 0 aliphatic carbocycles. The molecular formula is C27H24ClF2N5O2S. The van der Waals surface area contributed by atoms with Gasteiger partial charge in [-0.15, -0.1) is 0 Å². The second-order valence-electron chi connectivity index (χ2n) is 8.78. The minimum atomic E-state index is -3.58. The van der Waals surface area contributed by atoms with Crippen LogP contribution < -0.4 is 16.2 Å². The number of halogens is 3. The van der Waals surface area contributed by atoms with Crippen LogP contribution in [0.5, 0.6) is 0 Å². The summed E-state index contributed by atoms with van der Waals surface area (Å²) in [5.74, 6) is -3.58. The van der Waals surface area contributed by atoms with Crippen molar-refractivity contribution in [2.75, 3.05) is 23.3 Å². The van der Waals surface area contributed by atoms with Gasteiger partial charge in [0.25, 0.3) is 0 Å². The monoisotopic (exact) mass is 555 g/mol. The number of hydrazine groups is 1. The molecule has 0 radical (unpaired) electrons. The predicted octanol–water partition coefficient (Wildman–Crippen LogP) is 5.33. The molecule has 1 aliphatic rings. The van der Waals surface area contributed by atoms with Gasteiger partial charge in [-0.3, -0.25) is 15.1 Å². The first-order valence-electron chi connectivity index (χ1n) is 11.5. The lowest BCUT2D eigenvalue weighted by atomic mass is 9.97. The lowest BCUT2D eigenvalue weighted by Crippen LogP contribution is -2.33. The summed E-state index contributed by atoms with van der Waals surface area (Å²) in [4.78, 5) is 0.684. The molecule has 38 heavy (non-hydrogen) atoms. The Morgan fingerprint density at radius 2 is 1.87 bits per heavy atom. The van der Waals surface area contributed by atoms with Gasteiger partial charge in [0, 0.05) is 35.5 Å². The molecule has 1 aromatic heterocycles. The second-order valence-corrected chi connectivity index (χ2v) is 10.6. The predicted molar refractivity (Wildman–Crippen MR) is 147 cm³/mol. The van der Waals surface area contributed by atoms with Gasteiger partial charge in [-0.1, -0.05) is 41.9 Å². The molecule has 0 amide bonds. The number of aliphatic hydroxyl groups is 1. The topological polar surface area (TPSA) is 102 Å². The molecule has 2 heterocycles. The highest BCUT2D eigenvalue weighted by molar-refractivity contribution is 7.90. The smallest absolute Gasteiger partial charge is 0.316 e. The van der Waals surface area contributed by atoms with E-state index in [1.807, 2.05) is 36.4 Å². The highest BCUT2D eigenvalue weighted by Gasteiger charge is 2.41. The summed E-state index contributed by atoms with van der Waals surface area (Å²) in [6.45, 7) is -1.39. The first-order chi connectivity index (χ1) is 18.1. The Kier molecular flexibility index (Phi) is 6.83. The molecular weight excluding hydrogens is 532 g/mol. The molecule has 4 N–H and O–H groups in total. The fraction of sp³-hybridized carbons (Fsp3) is 0.148. The van der Waals surface area contributed by atoms with E-state index in [1.54, 1.807) is 48.6 Å². The number of alkyl halides is 2. The van der Waals surface area contributed by atoms with E-state index in [-0.39, 0.29) is 5.69 Å². The van der Waals surface area contributed by atoms with Crippen molar-refractivity contribution < 1.29 is 18.4 Å². The van der Waals surface area contributed by atoms with Gasteiger partial charge in [0.2, 0.25) is 0 Å². The molecule has 7 nitrogen and oxygen atoms in total. The van der Waals surface area contributed by atoms with Crippen molar-refractivity contribution in [2.45, 2.75) is 10.8 Å². The SMILES string of the molecule is Cn1nc(C(F)(F)CO)c2c1-c1ccc(-c3cccc([S+](C)[O-])c3)cc1N(/C(=C\N)c1ccc(Cl)cc1)N2. The van der Waals surface area contributed by atoms with Gasteiger partial charge in [-0.2, -0.15) is 13.9 Å². The van der Waals surface area contributed by atoms with Crippen LogP contribution in [0.1, 0.15) is 11.3 Å². The summed E-state index contributed by atoms with van der Waals surface area (Å²) in [5, 5.41) is 15.6. The minimum Gasteiger partial charge on any atom is -0.612 e. The third-order valence-electron chi connectivity index (χ3n) is 6.35. The van der Waals surface area contributed by atoms with Crippen molar-refractivity contribution in [1.29, 1.82) is 0 Å². The fourth-order valence-electron chi connectivity index (χ4n) is 4.50. The largest absolute Gasteiger partial charge is 0.612 e. The van der Waals surface area contributed by atoms with Crippen molar-refractivity contribution in [2.24, 2.45) is 12.8 Å². The van der Waals surface area contributed by atoms with E-state index in [0.717, 1.165) is 11.1 Å². The number of nitrogens with two attached hydrogens (primary N) is 1. The molecule has 0 bridgehead atoms. The van der Waals surface area contributed by atoms with Crippen LogP contribution in [-0.2, 0) is 24.1 Å². The Balaban J connectivity index is 1.73. The Morgan fingerprint density at radius 3 is 2.53 bits per heavy atom. The van der Waals surface area contributed by atoms with Crippen molar-refractivity contribution in [3.8, 4) is 22.4 Å². The van der Waals surface area contributed by atoms with Gasteiger partial charge >= 0.3 is 5.92 Å². The zero-order chi connectivity index (χ0) is 27.2. The maximum absolute atomic E-state index is 14.8. The van der Waals surface area contributed by atoms with Crippen LogP contribution in [0, 0.1) is 0 Å². The molecule has 4 aromatic rings. The van der Waals surface area contributed by atoms with E-state index in [1.165, 1.54) is 10.9 Å². The maximum atomic E-state index is 14.8. The van der Waals surface area contributed by atoms with Crippen molar-refractivity contribution in [3.05, 3.63) is 89.2 Å². The third kappa shape index (κ3) is 4.49. The van der Waals surface area contributed by atoms with E-state index in [0.29, 0.717) is 38.1 Å². The number of nitrogens with one attached hydrogen (secondary N) is 1.